The SMILES string of the molecule is O=C(Cc1ccccc1)Nc1nc(-c2ccc3c(c2)NC(=O)CO3)cs1. The number of nitrogens with zero attached hydrogens (tertiary/aromatic N) is 1. The fourth-order valence-electron chi connectivity index (χ4n) is 2.65. The summed E-state index contributed by atoms with van der Waals surface area (Å²) in [6, 6.07) is 15.0. The van der Waals surface area contributed by atoms with E-state index in [9.17, 15) is 9.59 Å². The van der Waals surface area contributed by atoms with Gasteiger partial charge in [0, 0.05) is 10.9 Å². The zero-order valence-electron chi connectivity index (χ0n) is 13.7. The summed E-state index contributed by atoms with van der Waals surface area (Å²) < 4.78 is 5.35. The van der Waals surface area contributed by atoms with Gasteiger partial charge in [0.05, 0.1) is 17.8 Å². The molecule has 1 aliphatic rings. The predicted octanol–water partition coefficient (Wildman–Crippen LogP) is 3.32. The highest BCUT2D eigenvalue weighted by molar-refractivity contribution is 7.14. The lowest BCUT2D eigenvalue weighted by Crippen LogP contribution is -2.25. The average Bonchev–Trinajstić information content (AvgIpc) is 3.10. The molecule has 7 heteroatoms. The van der Waals surface area contributed by atoms with Crippen molar-refractivity contribution in [3.63, 3.8) is 0 Å². The summed E-state index contributed by atoms with van der Waals surface area (Å²) in [7, 11) is 0. The number of carbonyl (C=O) groups is 2. The molecule has 0 atom stereocenters. The van der Waals surface area contributed by atoms with Crippen LogP contribution in [0.15, 0.2) is 53.9 Å². The highest BCUT2D eigenvalue weighted by Gasteiger charge is 2.17. The normalized spacial score (nSPS) is 12.7. The zero-order valence-corrected chi connectivity index (χ0v) is 14.5. The van der Waals surface area contributed by atoms with Crippen molar-refractivity contribution in [3.05, 3.63) is 59.5 Å². The average molecular weight is 365 g/mol. The van der Waals surface area contributed by atoms with E-state index < -0.39 is 0 Å². The van der Waals surface area contributed by atoms with Crippen molar-refractivity contribution in [2.24, 2.45) is 0 Å². The van der Waals surface area contributed by atoms with Gasteiger partial charge in [-0.05, 0) is 23.8 Å². The molecule has 0 spiro atoms. The van der Waals surface area contributed by atoms with Crippen molar-refractivity contribution < 1.29 is 14.3 Å². The Bertz CT molecular complexity index is 969. The van der Waals surface area contributed by atoms with Crippen molar-refractivity contribution in [1.29, 1.82) is 0 Å². The van der Waals surface area contributed by atoms with E-state index in [0.717, 1.165) is 16.8 Å². The van der Waals surface area contributed by atoms with E-state index >= 15 is 0 Å². The van der Waals surface area contributed by atoms with Gasteiger partial charge in [-0.15, -0.1) is 11.3 Å². The van der Waals surface area contributed by atoms with Crippen LogP contribution in [0.5, 0.6) is 5.75 Å². The Morgan fingerprint density at radius 3 is 2.92 bits per heavy atom. The molecule has 0 radical (unpaired) electrons. The molecule has 0 saturated carbocycles. The quantitative estimate of drug-likeness (QED) is 0.743. The van der Waals surface area contributed by atoms with E-state index in [1.54, 1.807) is 6.07 Å². The Kier molecular flexibility index (Phi) is 4.37. The molecule has 2 aromatic carbocycles. The third-order valence-corrected chi connectivity index (χ3v) is 4.62. The fraction of sp³-hybridized carbons (Fsp3) is 0.105. The first kappa shape index (κ1) is 16.3. The molecule has 2 N–H and O–H groups in total. The molecule has 1 aromatic heterocycles. The molecule has 0 bridgehead atoms. The number of rotatable bonds is 4. The van der Waals surface area contributed by atoms with Gasteiger partial charge in [-0.25, -0.2) is 4.98 Å². The number of nitrogens with one attached hydrogen (secondary N) is 2. The first-order valence-electron chi connectivity index (χ1n) is 8.04. The smallest absolute Gasteiger partial charge is 0.262 e. The van der Waals surface area contributed by atoms with Gasteiger partial charge in [-0.2, -0.15) is 0 Å². The summed E-state index contributed by atoms with van der Waals surface area (Å²) in [5.41, 5.74) is 3.15. The van der Waals surface area contributed by atoms with Gasteiger partial charge >= 0.3 is 0 Å². The highest BCUT2D eigenvalue weighted by atomic mass is 32.1. The number of ether oxygens (including phenoxy) is 1. The summed E-state index contributed by atoms with van der Waals surface area (Å²) in [4.78, 5) is 28.1. The van der Waals surface area contributed by atoms with Gasteiger partial charge in [0.2, 0.25) is 5.91 Å². The molecule has 130 valence electrons. The summed E-state index contributed by atoms with van der Waals surface area (Å²) in [6.45, 7) is 0.0284. The van der Waals surface area contributed by atoms with Crippen LogP contribution in [0.2, 0.25) is 0 Å². The maximum absolute atomic E-state index is 12.1. The monoisotopic (exact) mass is 365 g/mol. The van der Waals surface area contributed by atoms with Crippen LogP contribution in [0.3, 0.4) is 0 Å². The number of amides is 2. The maximum Gasteiger partial charge on any atom is 0.262 e. The third-order valence-electron chi connectivity index (χ3n) is 3.87. The summed E-state index contributed by atoms with van der Waals surface area (Å²) in [6.07, 6.45) is 0.304. The number of anilines is 2. The number of thiazole rings is 1. The largest absolute Gasteiger partial charge is 0.482 e. The molecular formula is C19H15N3O3S. The first-order chi connectivity index (χ1) is 12.7. The lowest BCUT2D eigenvalue weighted by molar-refractivity contribution is -0.118. The first-order valence-corrected chi connectivity index (χ1v) is 8.92. The second-order valence-electron chi connectivity index (χ2n) is 5.80. The molecular weight excluding hydrogens is 350 g/mol. The van der Waals surface area contributed by atoms with Gasteiger partial charge in [0.15, 0.2) is 11.7 Å². The van der Waals surface area contributed by atoms with Gasteiger partial charge in [0.25, 0.3) is 5.91 Å². The minimum Gasteiger partial charge on any atom is -0.482 e. The van der Waals surface area contributed by atoms with Crippen LogP contribution in [0.4, 0.5) is 10.8 Å². The lowest BCUT2D eigenvalue weighted by Gasteiger charge is -2.18. The number of benzene rings is 2. The molecule has 2 amide bonds. The second kappa shape index (κ2) is 6.97. The number of carbonyl (C=O) groups excluding carboxylic acids is 2. The van der Waals surface area contributed by atoms with E-state index in [4.69, 9.17) is 4.74 Å². The van der Waals surface area contributed by atoms with Gasteiger partial charge in [0.1, 0.15) is 5.75 Å². The minimum atomic E-state index is -0.179. The maximum atomic E-state index is 12.1. The van der Waals surface area contributed by atoms with E-state index in [1.165, 1.54) is 11.3 Å². The van der Waals surface area contributed by atoms with Crippen molar-refractivity contribution in [1.82, 2.24) is 4.98 Å². The molecule has 1 aliphatic heterocycles. The van der Waals surface area contributed by atoms with E-state index in [-0.39, 0.29) is 18.4 Å². The Labute approximate surface area is 153 Å². The highest BCUT2D eigenvalue weighted by Crippen LogP contribution is 2.33. The summed E-state index contributed by atoms with van der Waals surface area (Å²) in [5, 5.41) is 8.01. The van der Waals surface area contributed by atoms with E-state index in [0.29, 0.717) is 23.0 Å². The summed E-state index contributed by atoms with van der Waals surface area (Å²) in [5.74, 6) is 0.352. The number of aromatic nitrogens is 1. The fourth-order valence-corrected chi connectivity index (χ4v) is 3.39. The predicted molar refractivity (Wildman–Crippen MR) is 100 cm³/mol. The molecule has 0 unspecified atom stereocenters. The standard InChI is InChI=1S/C19H15N3O3S/c23-17(8-12-4-2-1-3-5-12)22-19-21-15(11-26-19)13-6-7-16-14(9-13)20-18(24)10-25-16/h1-7,9,11H,8,10H2,(H,20,24)(H,21,22,23). The number of fused-ring (bicyclic) bond motifs is 1. The van der Waals surface area contributed by atoms with Gasteiger partial charge < -0.3 is 15.4 Å². The minimum absolute atomic E-state index is 0.0284. The van der Waals surface area contributed by atoms with Crippen LogP contribution in [0.25, 0.3) is 11.3 Å². The van der Waals surface area contributed by atoms with E-state index in [2.05, 4.69) is 15.6 Å². The van der Waals surface area contributed by atoms with Crippen LogP contribution >= 0.6 is 11.3 Å². The molecule has 3 aromatic rings. The van der Waals surface area contributed by atoms with Crippen LogP contribution in [-0.2, 0) is 16.0 Å². The van der Waals surface area contributed by atoms with Gasteiger partial charge in [-0.3, -0.25) is 9.59 Å². The number of hydrogen-bond donors (Lipinski definition) is 2. The number of hydrogen-bond acceptors (Lipinski definition) is 5. The Morgan fingerprint density at radius 1 is 1.23 bits per heavy atom. The summed E-state index contributed by atoms with van der Waals surface area (Å²) >= 11 is 1.36. The Balaban J connectivity index is 1.47. The molecule has 0 aliphatic carbocycles. The molecule has 0 saturated heterocycles. The third kappa shape index (κ3) is 3.57. The second-order valence-corrected chi connectivity index (χ2v) is 6.65. The Morgan fingerprint density at radius 2 is 2.08 bits per heavy atom. The van der Waals surface area contributed by atoms with Crippen LogP contribution in [0.1, 0.15) is 5.56 Å². The van der Waals surface area contributed by atoms with Crippen LogP contribution in [0, 0.1) is 0 Å². The molecule has 0 fully saturated rings. The molecule has 6 nitrogen and oxygen atoms in total. The molecule has 26 heavy (non-hydrogen) atoms. The van der Waals surface area contributed by atoms with Crippen molar-refractivity contribution in [3.8, 4) is 17.0 Å². The molecule has 2 heterocycles. The van der Waals surface area contributed by atoms with Crippen molar-refractivity contribution in [2.75, 3.05) is 17.2 Å². The van der Waals surface area contributed by atoms with Gasteiger partial charge in [-0.1, -0.05) is 30.3 Å². The van der Waals surface area contributed by atoms with Crippen molar-refractivity contribution >= 4 is 34.0 Å². The zero-order chi connectivity index (χ0) is 17.9. The van der Waals surface area contributed by atoms with Crippen molar-refractivity contribution in [2.45, 2.75) is 6.42 Å². The van der Waals surface area contributed by atoms with Crippen LogP contribution in [-0.4, -0.2) is 23.4 Å². The van der Waals surface area contributed by atoms with Crippen LogP contribution < -0.4 is 15.4 Å². The Hall–Kier alpha value is -3.19. The van der Waals surface area contributed by atoms with E-state index in [1.807, 2.05) is 47.8 Å². The lowest BCUT2D eigenvalue weighted by atomic mass is 10.1. The topological polar surface area (TPSA) is 80.3 Å². The molecule has 4 rings (SSSR count).